The first-order chi connectivity index (χ1) is 13.6. The Hall–Kier alpha value is -3.48. The van der Waals surface area contributed by atoms with Gasteiger partial charge in [0.25, 0.3) is 5.69 Å². The smallest absolute Gasteiger partial charge is 0.369 e. The summed E-state index contributed by atoms with van der Waals surface area (Å²) in [7, 11) is 0. The highest BCUT2D eigenvalue weighted by molar-refractivity contribution is 6.28. The van der Waals surface area contributed by atoms with E-state index in [9.17, 15) is 14.9 Å². The zero-order valence-corrected chi connectivity index (χ0v) is 15.2. The van der Waals surface area contributed by atoms with Crippen molar-refractivity contribution in [1.82, 2.24) is 4.90 Å². The molecule has 2 aromatic rings. The third-order valence-corrected chi connectivity index (χ3v) is 5.14. The van der Waals surface area contributed by atoms with Gasteiger partial charge in [0.05, 0.1) is 4.92 Å². The van der Waals surface area contributed by atoms with E-state index in [0.29, 0.717) is 22.8 Å². The average Bonchev–Trinajstić information content (AvgIpc) is 3.09. The first kappa shape index (κ1) is 17.9. The lowest BCUT2D eigenvalue weighted by Gasteiger charge is -2.31. The number of carbonyl (C=O) groups is 1. The molecule has 0 N–H and O–H groups in total. The quantitative estimate of drug-likeness (QED) is 0.352. The van der Waals surface area contributed by atoms with Crippen LogP contribution in [0.2, 0.25) is 0 Å². The van der Waals surface area contributed by atoms with E-state index in [-0.39, 0.29) is 5.69 Å². The second-order valence-corrected chi connectivity index (χ2v) is 6.89. The summed E-state index contributed by atoms with van der Waals surface area (Å²) in [6.45, 7) is 1.64. The minimum Gasteiger partial charge on any atom is -0.377 e. The van der Waals surface area contributed by atoms with E-state index in [2.05, 4.69) is 34.3 Å². The van der Waals surface area contributed by atoms with E-state index in [1.165, 1.54) is 17.7 Å². The number of non-ortho nitro benzene ring substituents is 1. The van der Waals surface area contributed by atoms with Crippen molar-refractivity contribution in [2.45, 2.75) is 18.8 Å². The van der Waals surface area contributed by atoms with E-state index in [1.54, 1.807) is 18.3 Å². The highest BCUT2D eigenvalue weighted by Gasteiger charge is 2.29. The first-order valence-electron chi connectivity index (χ1n) is 9.17. The maximum absolute atomic E-state index is 12.2. The van der Waals surface area contributed by atoms with Crippen LogP contribution >= 0.6 is 0 Å². The van der Waals surface area contributed by atoms with Crippen molar-refractivity contribution < 1.29 is 14.6 Å². The van der Waals surface area contributed by atoms with Gasteiger partial charge in [-0.2, -0.15) is 0 Å². The molecule has 1 saturated heterocycles. The van der Waals surface area contributed by atoms with Crippen molar-refractivity contribution in [2.24, 2.45) is 5.16 Å². The van der Waals surface area contributed by atoms with Crippen LogP contribution in [0.1, 0.15) is 29.9 Å². The Morgan fingerprint density at radius 3 is 2.57 bits per heavy atom. The van der Waals surface area contributed by atoms with Crippen LogP contribution in [0.5, 0.6) is 0 Å². The van der Waals surface area contributed by atoms with Gasteiger partial charge in [0, 0.05) is 37.0 Å². The number of nitro benzene ring substituents is 1. The van der Waals surface area contributed by atoms with Gasteiger partial charge in [-0.15, -0.1) is 0 Å². The van der Waals surface area contributed by atoms with Gasteiger partial charge < -0.3 is 9.74 Å². The molecule has 0 aromatic heterocycles. The molecule has 0 bridgehead atoms. The largest absolute Gasteiger partial charge is 0.377 e. The molecule has 142 valence electrons. The normalized spacial score (nSPS) is 18.9. The van der Waals surface area contributed by atoms with Gasteiger partial charge in [0.1, 0.15) is 11.3 Å². The Morgan fingerprint density at radius 1 is 1.11 bits per heavy atom. The van der Waals surface area contributed by atoms with Crippen molar-refractivity contribution in [1.29, 1.82) is 0 Å². The van der Waals surface area contributed by atoms with Crippen LogP contribution in [0, 0.1) is 10.1 Å². The zero-order chi connectivity index (χ0) is 19.5. The molecule has 0 amide bonds. The fourth-order valence-corrected chi connectivity index (χ4v) is 3.64. The van der Waals surface area contributed by atoms with Crippen molar-refractivity contribution in [2.75, 3.05) is 13.1 Å². The number of benzene rings is 2. The summed E-state index contributed by atoms with van der Waals surface area (Å²) in [5, 5.41) is 14.9. The van der Waals surface area contributed by atoms with Crippen molar-refractivity contribution in [3.63, 3.8) is 0 Å². The van der Waals surface area contributed by atoms with E-state index >= 15 is 0 Å². The Balaban J connectivity index is 1.51. The molecule has 0 aliphatic carbocycles. The predicted octanol–water partition coefficient (Wildman–Crippen LogP) is 3.62. The molecule has 2 aromatic carbocycles. The Bertz CT molecular complexity index is 961. The van der Waals surface area contributed by atoms with Crippen LogP contribution in [0.3, 0.4) is 0 Å². The van der Waals surface area contributed by atoms with Crippen LogP contribution in [0.15, 0.2) is 71.5 Å². The highest BCUT2D eigenvalue weighted by atomic mass is 16.7. The molecule has 1 fully saturated rings. The number of hydrogen-bond acceptors (Lipinski definition) is 6. The number of oxime groups is 1. The van der Waals surface area contributed by atoms with Gasteiger partial charge in [0.2, 0.25) is 0 Å². The molecule has 28 heavy (non-hydrogen) atoms. The number of nitro groups is 1. The van der Waals surface area contributed by atoms with Crippen LogP contribution in [0.25, 0.3) is 0 Å². The zero-order valence-electron chi connectivity index (χ0n) is 15.2. The van der Waals surface area contributed by atoms with E-state index in [0.717, 1.165) is 25.9 Å². The molecule has 0 radical (unpaired) electrons. The fraction of sp³-hybridized carbons (Fsp3) is 0.238. The van der Waals surface area contributed by atoms with E-state index < -0.39 is 10.9 Å². The van der Waals surface area contributed by atoms with Crippen LogP contribution in [-0.2, 0) is 9.63 Å². The summed E-state index contributed by atoms with van der Waals surface area (Å²) < 4.78 is 0. The third-order valence-electron chi connectivity index (χ3n) is 5.14. The lowest BCUT2D eigenvalue weighted by atomic mass is 9.89. The molecular formula is C21H19N3O4. The Kier molecular flexibility index (Phi) is 4.89. The summed E-state index contributed by atoms with van der Waals surface area (Å²) in [4.78, 5) is 29.7. The summed E-state index contributed by atoms with van der Waals surface area (Å²) in [6, 6.07) is 16.5. The second kappa shape index (κ2) is 7.64. The third kappa shape index (κ3) is 3.64. The molecule has 2 aliphatic heterocycles. The highest BCUT2D eigenvalue weighted by Crippen LogP contribution is 2.29. The van der Waals surface area contributed by atoms with Gasteiger partial charge in [-0.05, 0) is 24.3 Å². The van der Waals surface area contributed by atoms with Crippen LogP contribution < -0.4 is 0 Å². The lowest BCUT2D eigenvalue weighted by molar-refractivity contribution is -0.384. The number of rotatable bonds is 4. The number of likely N-dealkylation sites (tertiary alicyclic amines) is 1. The first-order valence-corrected chi connectivity index (χ1v) is 9.17. The average molecular weight is 377 g/mol. The standard InChI is InChI=1S/C21H19N3O4/c25-21-19(20(22-28-21)17-7-4-8-18(13-17)24(26)27)14-23-11-9-16(10-12-23)15-5-2-1-3-6-15/h1-8,13-14,16H,9-12H2. The van der Waals surface area contributed by atoms with Gasteiger partial charge in [-0.3, -0.25) is 10.1 Å². The summed E-state index contributed by atoms with van der Waals surface area (Å²) in [5.74, 6) is -0.0250. The van der Waals surface area contributed by atoms with Gasteiger partial charge in [-0.25, -0.2) is 4.79 Å². The number of piperidine rings is 1. The molecule has 2 aliphatic rings. The molecule has 2 heterocycles. The van der Waals surface area contributed by atoms with Crippen molar-refractivity contribution in [3.8, 4) is 0 Å². The van der Waals surface area contributed by atoms with Crippen LogP contribution in [-0.4, -0.2) is 34.6 Å². The maximum Gasteiger partial charge on any atom is 0.369 e. The molecule has 4 rings (SSSR count). The number of hydrogen-bond donors (Lipinski definition) is 0. The minimum absolute atomic E-state index is 0.0532. The number of carbonyl (C=O) groups excluding carboxylic acids is 1. The van der Waals surface area contributed by atoms with E-state index in [1.807, 2.05) is 6.07 Å². The van der Waals surface area contributed by atoms with Crippen molar-refractivity contribution >= 4 is 17.4 Å². The molecule has 7 heteroatoms. The topological polar surface area (TPSA) is 85.0 Å². The molecule has 0 atom stereocenters. The van der Waals surface area contributed by atoms with Gasteiger partial charge in [0.15, 0.2) is 0 Å². The summed E-state index contributed by atoms with van der Waals surface area (Å²) >= 11 is 0. The van der Waals surface area contributed by atoms with E-state index in [4.69, 9.17) is 4.84 Å². The molecule has 7 nitrogen and oxygen atoms in total. The van der Waals surface area contributed by atoms with Gasteiger partial charge in [-0.1, -0.05) is 47.6 Å². The maximum atomic E-state index is 12.2. The Labute approximate surface area is 162 Å². The molecule has 0 unspecified atom stereocenters. The lowest BCUT2D eigenvalue weighted by Crippen LogP contribution is -2.30. The minimum atomic E-state index is -0.535. The monoisotopic (exact) mass is 377 g/mol. The van der Waals surface area contributed by atoms with Gasteiger partial charge >= 0.3 is 5.97 Å². The number of nitrogens with zero attached hydrogens (tertiary/aromatic N) is 3. The summed E-state index contributed by atoms with van der Waals surface area (Å²) in [5.41, 5.74) is 2.44. The molecule has 0 saturated carbocycles. The second-order valence-electron chi connectivity index (χ2n) is 6.89. The molecular weight excluding hydrogens is 358 g/mol. The Morgan fingerprint density at radius 2 is 1.86 bits per heavy atom. The predicted molar refractivity (Wildman–Crippen MR) is 104 cm³/mol. The summed E-state index contributed by atoms with van der Waals surface area (Å²) in [6.07, 6.45) is 3.76. The van der Waals surface area contributed by atoms with Crippen LogP contribution in [0.4, 0.5) is 5.69 Å². The molecule has 0 spiro atoms. The SMILES string of the molecule is O=C1ON=C(c2cccc([N+](=O)[O-])c2)C1=CN1CCC(c2ccccc2)CC1. The fourth-order valence-electron chi connectivity index (χ4n) is 3.64. The van der Waals surface area contributed by atoms with Crippen molar-refractivity contribution in [3.05, 3.63) is 87.6 Å².